The average molecular weight is 255 g/mol. The minimum absolute atomic E-state index is 0.123. The number of nitrogen functional groups attached to an aromatic ring is 1. The van der Waals surface area contributed by atoms with Crippen molar-refractivity contribution in [2.45, 2.75) is 6.92 Å². The van der Waals surface area contributed by atoms with Crippen LogP contribution >= 0.6 is 0 Å². The van der Waals surface area contributed by atoms with E-state index < -0.39 is 0 Å². The van der Waals surface area contributed by atoms with Gasteiger partial charge < -0.3 is 0 Å². The van der Waals surface area contributed by atoms with Crippen molar-refractivity contribution in [2.75, 3.05) is 5.73 Å². The molecule has 0 aliphatic carbocycles. The van der Waals surface area contributed by atoms with Gasteiger partial charge in [-0.2, -0.15) is 0 Å². The van der Waals surface area contributed by atoms with Crippen molar-refractivity contribution in [3.05, 3.63) is 34.7 Å². The fraction of sp³-hybridized carbons (Fsp3) is 0.100. The van der Waals surface area contributed by atoms with Gasteiger partial charge in [0, 0.05) is 0 Å². The van der Waals surface area contributed by atoms with Crippen molar-refractivity contribution in [3.63, 3.8) is 0 Å². The summed E-state index contributed by atoms with van der Waals surface area (Å²) in [6.07, 6.45) is 1.29. The molecule has 1 aromatic heterocycles. The maximum absolute atomic E-state index is 12.8. The fourth-order valence-electron chi connectivity index (χ4n) is 1.20. The number of hydrogen-bond donors (Lipinski definition) is 1. The molecule has 0 fully saturated rings. The van der Waals surface area contributed by atoms with Gasteiger partial charge in [-0.05, 0) is 0 Å². The van der Waals surface area contributed by atoms with E-state index in [1.165, 1.54) is 6.20 Å². The Morgan fingerprint density at radius 3 is 2.79 bits per heavy atom. The quantitative estimate of drug-likeness (QED) is 0.623. The zero-order chi connectivity index (χ0) is 10.1. The fourth-order valence-corrected chi connectivity index (χ4v) is 2.54. The molecule has 2 N–H and O–H groups in total. The van der Waals surface area contributed by atoms with E-state index >= 15 is 0 Å². The van der Waals surface area contributed by atoms with Crippen molar-refractivity contribution in [1.29, 1.82) is 0 Å². The molecule has 0 atom stereocenters. The van der Waals surface area contributed by atoms with Crippen molar-refractivity contribution in [2.24, 2.45) is 0 Å². The van der Waals surface area contributed by atoms with Crippen LogP contribution in [0.5, 0.6) is 0 Å². The Morgan fingerprint density at radius 1 is 1.43 bits per heavy atom. The van der Waals surface area contributed by atoms with Gasteiger partial charge in [-0.25, -0.2) is 0 Å². The molecule has 0 unspecified atom stereocenters. The Balaban J connectivity index is 2.47. The van der Waals surface area contributed by atoms with E-state index in [1.807, 2.05) is 25.1 Å². The first kappa shape index (κ1) is 9.44. The number of rotatable bonds is 1. The first-order chi connectivity index (χ1) is 6.66. The zero-order valence-corrected chi connectivity index (χ0v) is 9.33. The molecule has 0 amide bonds. The van der Waals surface area contributed by atoms with E-state index in [0.29, 0.717) is 0 Å². The normalized spacial score (nSPS) is 10.4. The maximum atomic E-state index is 12.8. The van der Waals surface area contributed by atoms with Crippen LogP contribution in [0.2, 0.25) is 0 Å². The molecule has 2 nitrogen and oxygen atoms in total. The number of aryl methyl sites for hydroxylation is 1. The Bertz CT molecular complexity index is 465. The molecule has 0 aliphatic rings. The van der Waals surface area contributed by atoms with Gasteiger partial charge in [0.15, 0.2) is 0 Å². The van der Waals surface area contributed by atoms with Crippen molar-refractivity contribution in [3.8, 4) is 10.1 Å². The average Bonchev–Trinajstić information content (AvgIpc) is 2.57. The SMILES string of the molecule is Cc1cc(-c2ncc(F)[se]2)ccc1N. The van der Waals surface area contributed by atoms with E-state index in [9.17, 15) is 4.39 Å². The summed E-state index contributed by atoms with van der Waals surface area (Å²) in [5.74, 6) is 0. The zero-order valence-electron chi connectivity index (χ0n) is 7.62. The summed E-state index contributed by atoms with van der Waals surface area (Å²) in [4.78, 5) is 4.02. The summed E-state index contributed by atoms with van der Waals surface area (Å²) in [7, 11) is 0. The number of halogens is 1. The van der Waals surface area contributed by atoms with Crippen LogP contribution in [0.4, 0.5) is 10.1 Å². The van der Waals surface area contributed by atoms with Crippen LogP contribution < -0.4 is 5.73 Å². The van der Waals surface area contributed by atoms with E-state index in [1.54, 1.807) is 0 Å². The Kier molecular flexibility index (Phi) is 2.40. The first-order valence-corrected chi connectivity index (χ1v) is 5.86. The van der Waals surface area contributed by atoms with Crippen LogP contribution in [0.3, 0.4) is 0 Å². The van der Waals surface area contributed by atoms with Crippen LogP contribution in [-0.2, 0) is 0 Å². The van der Waals surface area contributed by atoms with Crippen LogP contribution in [-0.4, -0.2) is 19.5 Å². The second-order valence-corrected chi connectivity index (χ2v) is 5.10. The molecular weight excluding hydrogens is 246 g/mol. The molecule has 1 aromatic carbocycles. The number of nitrogens with two attached hydrogens (primary N) is 1. The van der Waals surface area contributed by atoms with Gasteiger partial charge in [-0.3, -0.25) is 0 Å². The molecule has 0 saturated heterocycles. The summed E-state index contributed by atoms with van der Waals surface area (Å²) in [6.45, 7) is 1.94. The van der Waals surface area contributed by atoms with Crippen LogP contribution in [0.15, 0.2) is 24.4 Å². The number of anilines is 1. The van der Waals surface area contributed by atoms with Crippen molar-refractivity contribution < 1.29 is 4.39 Å². The van der Waals surface area contributed by atoms with Gasteiger partial charge in [-0.15, -0.1) is 0 Å². The van der Waals surface area contributed by atoms with E-state index in [-0.39, 0.29) is 19.2 Å². The minimum atomic E-state index is -0.261. The molecule has 2 aromatic rings. The number of benzene rings is 1. The predicted octanol–water partition coefficient (Wildman–Crippen LogP) is 1.84. The third-order valence-electron chi connectivity index (χ3n) is 1.99. The third kappa shape index (κ3) is 1.72. The summed E-state index contributed by atoms with van der Waals surface area (Å²) in [5, 5.41) is 0. The molecule has 0 aliphatic heterocycles. The predicted molar refractivity (Wildman–Crippen MR) is 55.7 cm³/mol. The molecule has 1 heterocycles. The molecule has 0 radical (unpaired) electrons. The second kappa shape index (κ2) is 3.56. The van der Waals surface area contributed by atoms with Gasteiger partial charge >= 0.3 is 87.0 Å². The van der Waals surface area contributed by atoms with E-state index in [2.05, 4.69) is 4.98 Å². The van der Waals surface area contributed by atoms with Gasteiger partial charge in [0.05, 0.1) is 0 Å². The molecule has 72 valence electrons. The Hall–Kier alpha value is -1.12. The van der Waals surface area contributed by atoms with E-state index in [4.69, 9.17) is 5.73 Å². The van der Waals surface area contributed by atoms with Crippen LogP contribution in [0.1, 0.15) is 5.56 Å². The number of nitrogens with zero attached hydrogens (tertiary/aromatic N) is 1. The number of hydrogen-bond acceptors (Lipinski definition) is 2. The molecule has 0 bridgehead atoms. The number of aromatic nitrogens is 1. The Labute approximate surface area is 87.3 Å². The first-order valence-electron chi connectivity index (χ1n) is 4.14. The van der Waals surface area contributed by atoms with Crippen LogP contribution in [0, 0.1) is 11.6 Å². The molecule has 0 saturated carbocycles. The summed E-state index contributed by atoms with van der Waals surface area (Å²) in [6, 6.07) is 5.66. The summed E-state index contributed by atoms with van der Waals surface area (Å²) >= 11 is -0.261. The molecule has 0 spiro atoms. The van der Waals surface area contributed by atoms with Gasteiger partial charge in [0.2, 0.25) is 0 Å². The molecular formula is C10H9FN2Se. The third-order valence-corrected chi connectivity index (χ3v) is 3.75. The van der Waals surface area contributed by atoms with Crippen molar-refractivity contribution in [1.82, 2.24) is 4.98 Å². The van der Waals surface area contributed by atoms with Crippen molar-refractivity contribution >= 4 is 20.2 Å². The van der Waals surface area contributed by atoms with Crippen LogP contribution in [0.25, 0.3) is 10.1 Å². The molecule has 14 heavy (non-hydrogen) atoms. The second-order valence-electron chi connectivity index (χ2n) is 3.04. The van der Waals surface area contributed by atoms with Gasteiger partial charge in [0.25, 0.3) is 0 Å². The standard InChI is InChI=1S/C10H9FN2Se/c1-6-4-7(2-3-8(6)12)10-13-5-9(11)14-10/h2-5H,12H2,1H3. The summed E-state index contributed by atoms with van der Waals surface area (Å²) in [5.41, 5.74) is 8.43. The topological polar surface area (TPSA) is 38.9 Å². The molecule has 4 heteroatoms. The van der Waals surface area contributed by atoms with Gasteiger partial charge in [0.1, 0.15) is 0 Å². The van der Waals surface area contributed by atoms with Gasteiger partial charge in [-0.1, -0.05) is 0 Å². The molecule has 2 rings (SSSR count). The van der Waals surface area contributed by atoms with E-state index in [0.717, 1.165) is 21.4 Å². The summed E-state index contributed by atoms with van der Waals surface area (Å²) < 4.78 is 13.5. The Morgan fingerprint density at radius 2 is 2.21 bits per heavy atom. The monoisotopic (exact) mass is 256 g/mol.